The van der Waals surface area contributed by atoms with Crippen LogP contribution >= 0.6 is 0 Å². The Morgan fingerprint density at radius 1 is 1.23 bits per heavy atom. The highest BCUT2D eigenvalue weighted by molar-refractivity contribution is 5.97. The number of carbonyl (C=O) groups is 2. The molecule has 0 spiro atoms. The van der Waals surface area contributed by atoms with Crippen molar-refractivity contribution in [3.05, 3.63) is 41.9 Å². The van der Waals surface area contributed by atoms with Crippen LogP contribution in [0.15, 0.2) is 30.6 Å². The van der Waals surface area contributed by atoms with Crippen molar-refractivity contribution in [3.8, 4) is 5.88 Å². The number of piperazine rings is 1. The highest BCUT2D eigenvalue weighted by atomic mass is 16.5. The molecular weight excluding hydrogens is 398 g/mol. The van der Waals surface area contributed by atoms with E-state index in [1.165, 1.54) is 0 Å². The number of fused-ring (bicyclic) bond motifs is 1. The van der Waals surface area contributed by atoms with E-state index in [2.05, 4.69) is 30.5 Å². The van der Waals surface area contributed by atoms with E-state index in [9.17, 15) is 9.59 Å². The van der Waals surface area contributed by atoms with Gasteiger partial charge in [-0.3, -0.25) is 19.9 Å². The van der Waals surface area contributed by atoms with E-state index >= 15 is 0 Å². The Bertz CT molecular complexity index is 956. The quantitative estimate of drug-likeness (QED) is 0.676. The molecule has 2 aliphatic heterocycles. The van der Waals surface area contributed by atoms with Crippen LogP contribution in [0, 0.1) is 0 Å². The Balaban J connectivity index is 1.32. The summed E-state index contributed by atoms with van der Waals surface area (Å²) in [6.07, 6.45) is 3.03. The first-order valence-electron chi connectivity index (χ1n) is 10.3. The number of nitrogens with one attached hydrogen (secondary N) is 2. The van der Waals surface area contributed by atoms with Crippen LogP contribution in [0.3, 0.4) is 0 Å². The third-order valence-electron chi connectivity index (χ3n) is 5.27. The molecule has 0 radical (unpaired) electrons. The summed E-state index contributed by atoms with van der Waals surface area (Å²) in [4.78, 5) is 37.1. The maximum absolute atomic E-state index is 12.0. The molecule has 2 aliphatic rings. The second-order valence-electron chi connectivity index (χ2n) is 7.95. The van der Waals surface area contributed by atoms with Crippen molar-refractivity contribution >= 4 is 23.2 Å². The largest absolute Gasteiger partial charge is 0.463 e. The molecule has 10 nitrogen and oxygen atoms in total. The smallest absolute Gasteiger partial charge is 0.284 e. The predicted octanol–water partition coefficient (Wildman–Crippen LogP) is 0.725. The van der Waals surface area contributed by atoms with E-state index < -0.39 is 6.10 Å². The monoisotopic (exact) mass is 425 g/mol. The van der Waals surface area contributed by atoms with Crippen LogP contribution in [0.2, 0.25) is 0 Å². The number of anilines is 2. The Labute approximate surface area is 181 Å². The lowest BCUT2D eigenvalue weighted by Crippen LogP contribution is -2.46. The number of rotatable bonds is 5. The van der Waals surface area contributed by atoms with E-state index in [1.54, 1.807) is 44.5 Å². The zero-order chi connectivity index (χ0) is 22.0. The topological polar surface area (TPSA) is 103 Å². The molecule has 1 unspecified atom stereocenters. The molecule has 4 rings (SSSR count). The van der Waals surface area contributed by atoms with Crippen LogP contribution in [0.25, 0.3) is 0 Å². The minimum absolute atomic E-state index is 0.154. The lowest BCUT2D eigenvalue weighted by Gasteiger charge is -2.36. The summed E-state index contributed by atoms with van der Waals surface area (Å²) in [5, 5.41) is 4.44. The van der Waals surface area contributed by atoms with Gasteiger partial charge in [-0.15, -0.1) is 0 Å². The van der Waals surface area contributed by atoms with Gasteiger partial charge in [0.05, 0.1) is 11.9 Å². The van der Waals surface area contributed by atoms with E-state index in [-0.39, 0.29) is 11.8 Å². The highest BCUT2D eigenvalue weighted by Crippen LogP contribution is 2.28. The second-order valence-corrected chi connectivity index (χ2v) is 7.95. The molecule has 10 heteroatoms. The van der Waals surface area contributed by atoms with Crippen molar-refractivity contribution in [1.29, 1.82) is 0 Å². The first-order valence-corrected chi connectivity index (χ1v) is 10.3. The summed E-state index contributed by atoms with van der Waals surface area (Å²) >= 11 is 0. The highest BCUT2D eigenvalue weighted by Gasteiger charge is 2.25. The molecule has 2 aromatic rings. The number of ether oxygens (including phenoxy) is 1. The van der Waals surface area contributed by atoms with Crippen molar-refractivity contribution in [3.63, 3.8) is 0 Å². The number of nitrogens with zero attached hydrogens (tertiary/aromatic N) is 5. The van der Waals surface area contributed by atoms with Gasteiger partial charge >= 0.3 is 0 Å². The van der Waals surface area contributed by atoms with Crippen LogP contribution in [-0.4, -0.2) is 78.1 Å². The standard InChI is InChI=1S/C21H27N7O3/c1-14-19(29)24-18-10-15(11-23-21(18)31-14)13-27-6-8-28(9-7-27)16-4-5-17(22-12-16)20(30)25-26(2)3/h4-5,10-12,14H,6-9,13H2,1-3H3,(H,24,29)(H,25,30). The Kier molecular flexibility index (Phi) is 6.01. The van der Waals surface area contributed by atoms with Gasteiger partial charge in [0.25, 0.3) is 11.8 Å². The fourth-order valence-corrected chi connectivity index (χ4v) is 3.61. The van der Waals surface area contributed by atoms with Gasteiger partial charge in [-0.1, -0.05) is 0 Å². The maximum Gasteiger partial charge on any atom is 0.284 e. The van der Waals surface area contributed by atoms with Crippen molar-refractivity contribution in [2.75, 3.05) is 50.5 Å². The molecule has 31 heavy (non-hydrogen) atoms. The maximum atomic E-state index is 12.0. The van der Waals surface area contributed by atoms with E-state index in [4.69, 9.17) is 4.74 Å². The van der Waals surface area contributed by atoms with Crippen LogP contribution in [0.4, 0.5) is 11.4 Å². The first-order chi connectivity index (χ1) is 14.9. The number of hydrazine groups is 1. The predicted molar refractivity (Wildman–Crippen MR) is 116 cm³/mol. The van der Waals surface area contributed by atoms with Gasteiger partial charge in [0.1, 0.15) is 11.4 Å². The summed E-state index contributed by atoms with van der Waals surface area (Å²) in [6, 6.07) is 5.61. The number of carbonyl (C=O) groups excluding carboxylic acids is 2. The summed E-state index contributed by atoms with van der Waals surface area (Å²) < 4.78 is 5.52. The molecule has 2 amide bonds. The van der Waals surface area contributed by atoms with Crippen LogP contribution in [0.5, 0.6) is 5.88 Å². The second kappa shape index (κ2) is 8.86. The molecule has 4 heterocycles. The van der Waals surface area contributed by atoms with Gasteiger partial charge in [0.15, 0.2) is 6.10 Å². The van der Waals surface area contributed by atoms with Crippen molar-refractivity contribution < 1.29 is 14.3 Å². The first kappa shape index (κ1) is 21.0. The summed E-state index contributed by atoms with van der Waals surface area (Å²) in [7, 11) is 3.52. The molecule has 0 aromatic carbocycles. The van der Waals surface area contributed by atoms with Crippen molar-refractivity contribution in [2.24, 2.45) is 0 Å². The molecule has 1 saturated heterocycles. The van der Waals surface area contributed by atoms with Gasteiger partial charge in [-0.2, -0.15) is 0 Å². The van der Waals surface area contributed by atoms with Gasteiger partial charge in [0.2, 0.25) is 5.88 Å². The van der Waals surface area contributed by atoms with E-state index in [0.717, 1.165) is 44.0 Å². The van der Waals surface area contributed by atoms with Gasteiger partial charge in [0, 0.05) is 53.0 Å². The normalized spacial score (nSPS) is 18.9. The molecule has 0 aliphatic carbocycles. The summed E-state index contributed by atoms with van der Waals surface area (Å²) in [5.74, 6) is 0.0887. The summed E-state index contributed by atoms with van der Waals surface area (Å²) in [5.41, 5.74) is 5.74. The molecule has 164 valence electrons. The number of pyridine rings is 2. The third kappa shape index (κ3) is 4.92. The number of hydrogen-bond acceptors (Lipinski definition) is 8. The fourth-order valence-electron chi connectivity index (χ4n) is 3.61. The van der Waals surface area contributed by atoms with Gasteiger partial charge in [-0.05, 0) is 30.7 Å². The number of aromatic nitrogens is 2. The van der Waals surface area contributed by atoms with Crippen LogP contribution in [-0.2, 0) is 11.3 Å². The third-order valence-corrected chi connectivity index (χ3v) is 5.27. The van der Waals surface area contributed by atoms with Crippen molar-refractivity contribution in [2.45, 2.75) is 19.6 Å². The fraction of sp³-hybridized carbons (Fsp3) is 0.429. The van der Waals surface area contributed by atoms with Crippen LogP contribution < -0.4 is 20.4 Å². The SMILES string of the molecule is CC1Oc2ncc(CN3CCN(c4ccc(C(=O)NN(C)C)nc4)CC3)cc2NC1=O. The lowest BCUT2D eigenvalue weighted by atomic mass is 10.2. The zero-order valence-electron chi connectivity index (χ0n) is 18.0. The van der Waals surface area contributed by atoms with Crippen LogP contribution in [0.1, 0.15) is 23.0 Å². The average molecular weight is 425 g/mol. The minimum atomic E-state index is -0.523. The Hall–Kier alpha value is -3.24. The van der Waals surface area contributed by atoms with Gasteiger partial charge < -0.3 is 15.0 Å². The number of hydrogen-bond donors (Lipinski definition) is 2. The van der Waals surface area contributed by atoms with Gasteiger partial charge in [-0.25, -0.2) is 15.0 Å². The average Bonchev–Trinajstić information content (AvgIpc) is 2.75. The van der Waals surface area contributed by atoms with E-state index in [1.807, 2.05) is 12.1 Å². The molecule has 1 atom stereocenters. The Morgan fingerprint density at radius 2 is 2.00 bits per heavy atom. The molecule has 0 bridgehead atoms. The molecule has 1 fully saturated rings. The molecule has 2 aromatic heterocycles. The minimum Gasteiger partial charge on any atom is -0.463 e. The summed E-state index contributed by atoms with van der Waals surface area (Å²) in [6.45, 7) is 5.96. The molecular formula is C21H27N7O3. The number of amides is 2. The molecule has 2 N–H and O–H groups in total. The zero-order valence-corrected chi connectivity index (χ0v) is 18.0. The molecule has 0 saturated carbocycles. The van der Waals surface area contributed by atoms with Crippen molar-refractivity contribution in [1.82, 2.24) is 25.3 Å². The van der Waals surface area contributed by atoms with E-state index in [0.29, 0.717) is 17.3 Å². The Morgan fingerprint density at radius 3 is 2.68 bits per heavy atom. The lowest BCUT2D eigenvalue weighted by molar-refractivity contribution is -0.122.